The highest BCUT2D eigenvalue weighted by molar-refractivity contribution is 7.17. The van der Waals surface area contributed by atoms with E-state index in [2.05, 4.69) is 26.3 Å². The van der Waals surface area contributed by atoms with Gasteiger partial charge in [-0.3, -0.25) is 0 Å². The molecular weight excluding hydrogens is 356 g/mol. The summed E-state index contributed by atoms with van der Waals surface area (Å²) in [7, 11) is 0. The Kier molecular flexibility index (Phi) is 5.87. The van der Waals surface area contributed by atoms with Crippen LogP contribution < -0.4 is 16.0 Å². The minimum Gasteiger partial charge on any atom is -0.386 e. The standard InChI is InChI=1S/C20H28N6S/c21-12-16(13-22-14-6-4-5-7-14)24-20-25-17-10-11-27-18(17)19(26-20)23-15-8-2-1-3-9-15/h10-15,21-22H,1-9H2,(H2,23,24,25,26)/b16-13+,21-12?. The van der Waals surface area contributed by atoms with Gasteiger partial charge in [0.1, 0.15) is 5.82 Å². The molecule has 0 bridgehead atoms. The van der Waals surface area contributed by atoms with Gasteiger partial charge >= 0.3 is 0 Å². The van der Waals surface area contributed by atoms with Gasteiger partial charge in [0.25, 0.3) is 0 Å². The predicted molar refractivity (Wildman–Crippen MR) is 114 cm³/mol. The van der Waals surface area contributed by atoms with Crippen molar-refractivity contribution >= 4 is 39.5 Å². The third kappa shape index (κ3) is 4.58. The molecule has 2 saturated carbocycles. The summed E-state index contributed by atoms with van der Waals surface area (Å²) in [5, 5.41) is 20.0. The Balaban J connectivity index is 1.51. The highest BCUT2D eigenvalue weighted by Gasteiger charge is 2.17. The zero-order valence-electron chi connectivity index (χ0n) is 15.6. The van der Waals surface area contributed by atoms with Crippen molar-refractivity contribution in [3.05, 3.63) is 23.3 Å². The van der Waals surface area contributed by atoms with E-state index in [4.69, 9.17) is 10.4 Å². The van der Waals surface area contributed by atoms with Crippen LogP contribution in [0.2, 0.25) is 0 Å². The number of fused-ring (bicyclic) bond motifs is 1. The van der Waals surface area contributed by atoms with Crippen LogP contribution in [-0.2, 0) is 0 Å². The number of hydrogen-bond acceptors (Lipinski definition) is 7. The third-order valence-corrected chi connectivity index (χ3v) is 6.40. The maximum atomic E-state index is 7.71. The van der Waals surface area contributed by atoms with E-state index >= 15 is 0 Å². The molecule has 27 heavy (non-hydrogen) atoms. The second-order valence-corrected chi connectivity index (χ2v) is 8.44. The third-order valence-electron chi connectivity index (χ3n) is 5.49. The Labute approximate surface area is 164 Å². The summed E-state index contributed by atoms with van der Waals surface area (Å²) >= 11 is 1.68. The van der Waals surface area contributed by atoms with Crippen LogP contribution in [0.15, 0.2) is 23.3 Å². The smallest absolute Gasteiger partial charge is 0.229 e. The van der Waals surface area contributed by atoms with E-state index in [1.807, 2.05) is 12.3 Å². The van der Waals surface area contributed by atoms with Crippen LogP contribution in [0.3, 0.4) is 0 Å². The van der Waals surface area contributed by atoms with Gasteiger partial charge in [-0.15, -0.1) is 11.3 Å². The summed E-state index contributed by atoms with van der Waals surface area (Å²) in [5.41, 5.74) is 1.63. The van der Waals surface area contributed by atoms with Crippen LogP contribution in [0.5, 0.6) is 0 Å². The van der Waals surface area contributed by atoms with E-state index in [1.165, 1.54) is 64.0 Å². The molecule has 0 unspecified atom stereocenters. The van der Waals surface area contributed by atoms with Crippen LogP contribution in [0, 0.1) is 5.41 Å². The molecule has 2 aliphatic carbocycles. The van der Waals surface area contributed by atoms with Crippen LogP contribution in [0.1, 0.15) is 57.8 Å². The SMILES string of the molecule is N=C/C(=C\NC1CCCC1)Nc1nc(NC2CCCCC2)c2sccc2n1. The van der Waals surface area contributed by atoms with Crippen molar-refractivity contribution in [2.45, 2.75) is 69.9 Å². The Hall–Kier alpha value is -2.15. The van der Waals surface area contributed by atoms with E-state index in [-0.39, 0.29) is 0 Å². The van der Waals surface area contributed by atoms with Crippen LogP contribution in [0.4, 0.5) is 11.8 Å². The molecule has 0 aromatic carbocycles. The van der Waals surface area contributed by atoms with Gasteiger partial charge in [0.15, 0.2) is 0 Å². The molecule has 0 atom stereocenters. The first-order valence-corrected chi connectivity index (χ1v) is 11.0. The topological polar surface area (TPSA) is 85.7 Å². The minimum absolute atomic E-state index is 0.494. The fourth-order valence-electron chi connectivity index (χ4n) is 4.00. The molecular formula is C20H28N6S. The first-order valence-electron chi connectivity index (χ1n) is 10.1. The van der Waals surface area contributed by atoms with E-state index in [1.54, 1.807) is 11.3 Å². The monoisotopic (exact) mass is 384 g/mol. The number of anilines is 2. The summed E-state index contributed by atoms with van der Waals surface area (Å²) in [6, 6.07) is 3.04. The number of hydrogen-bond donors (Lipinski definition) is 4. The first-order chi connectivity index (χ1) is 13.3. The molecule has 4 rings (SSSR count). The van der Waals surface area contributed by atoms with Gasteiger partial charge in [0.2, 0.25) is 5.95 Å². The number of rotatable bonds is 7. The fourth-order valence-corrected chi connectivity index (χ4v) is 4.78. The van der Waals surface area contributed by atoms with E-state index < -0.39 is 0 Å². The molecule has 0 saturated heterocycles. The lowest BCUT2D eigenvalue weighted by Crippen LogP contribution is -2.23. The van der Waals surface area contributed by atoms with Gasteiger partial charge in [0.05, 0.1) is 15.9 Å². The van der Waals surface area contributed by atoms with Crippen molar-refractivity contribution in [2.75, 3.05) is 10.6 Å². The Morgan fingerprint density at radius 3 is 2.56 bits per heavy atom. The molecule has 6 nitrogen and oxygen atoms in total. The lowest BCUT2D eigenvalue weighted by atomic mass is 9.95. The molecule has 0 amide bonds. The maximum absolute atomic E-state index is 7.71. The lowest BCUT2D eigenvalue weighted by Gasteiger charge is -2.23. The molecule has 4 N–H and O–H groups in total. The molecule has 0 aliphatic heterocycles. The van der Waals surface area contributed by atoms with Crippen molar-refractivity contribution < 1.29 is 0 Å². The average molecular weight is 385 g/mol. The number of allylic oxidation sites excluding steroid dienone is 1. The van der Waals surface area contributed by atoms with Crippen molar-refractivity contribution in [3.63, 3.8) is 0 Å². The maximum Gasteiger partial charge on any atom is 0.229 e. The molecule has 144 valence electrons. The Morgan fingerprint density at radius 1 is 1.04 bits per heavy atom. The second-order valence-electron chi connectivity index (χ2n) is 7.53. The van der Waals surface area contributed by atoms with E-state index in [0.717, 1.165) is 16.0 Å². The molecule has 2 aliphatic rings. The second kappa shape index (κ2) is 8.69. The average Bonchev–Trinajstić information content (AvgIpc) is 3.37. The summed E-state index contributed by atoms with van der Waals surface area (Å²) < 4.78 is 1.11. The van der Waals surface area contributed by atoms with Crippen LogP contribution >= 0.6 is 11.3 Å². The van der Waals surface area contributed by atoms with E-state index in [9.17, 15) is 0 Å². The highest BCUT2D eigenvalue weighted by atomic mass is 32.1. The summed E-state index contributed by atoms with van der Waals surface area (Å²) in [5.74, 6) is 1.46. The largest absolute Gasteiger partial charge is 0.386 e. The Morgan fingerprint density at radius 2 is 1.78 bits per heavy atom. The Bertz CT molecular complexity index is 802. The number of thiophene rings is 1. The van der Waals surface area contributed by atoms with E-state index in [0.29, 0.717) is 23.7 Å². The van der Waals surface area contributed by atoms with Crippen LogP contribution in [0.25, 0.3) is 10.2 Å². The number of nitrogens with zero attached hydrogens (tertiary/aromatic N) is 2. The molecule has 2 fully saturated rings. The molecule has 7 heteroatoms. The van der Waals surface area contributed by atoms with Gasteiger partial charge in [-0.1, -0.05) is 32.1 Å². The molecule has 2 aromatic heterocycles. The summed E-state index contributed by atoms with van der Waals surface area (Å²) in [4.78, 5) is 9.37. The van der Waals surface area contributed by atoms with Crippen molar-refractivity contribution in [2.24, 2.45) is 0 Å². The van der Waals surface area contributed by atoms with Crippen LogP contribution in [-0.4, -0.2) is 28.3 Å². The number of nitrogens with one attached hydrogen (secondary N) is 4. The van der Waals surface area contributed by atoms with Gasteiger partial charge in [-0.25, -0.2) is 4.98 Å². The van der Waals surface area contributed by atoms with Crippen molar-refractivity contribution in [3.8, 4) is 0 Å². The fraction of sp³-hybridized carbons (Fsp3) is 0.550. The van der Waals surface area contributed by atoms with Gasteiger partial charge in [0, 0.05) is 24.5 Å². The molecule has 2 heterocycles. The minimum atomic E-state index is 0.494. The zero-order valence-corrected chi connectivity index (χ0v) is 16.4. The quantitative estimate of drug-likeness (QED) is 0.512. The first kappa shape index (κ1) is 18.2. The van der Waals surface area contributed by atoms with Crippen molar-refractivity contribution in [1.82, 2.24) is 15.3 Å². The lowest BCUT2D eigenvalue weighted by molar-refractivity contribution is 0.462. The number of aromatic nitrogens is 2. The normalized spacial score (nSPS) is 19.3. The van der Waals surface area contributed by atoms with Gasteiger partial charge < -0.3 is 21.4 Å². The summed E-state index contributed by atoms with van der Waals surface area (Å²) in [6.45, 7) is 0. The van der Waals surface area contributed by atoms with Gasteiger partial charge in [-0.05, 0) is 37.1 Å². The predicted octanol–water partition coefficient (Wildman–Crippen LogP) is 4.87. The zero-order chi connectivity index (χ0) is 18.5. The molecule has 0 radical (unpaired) electrons. The van der Waals surface area contributed by atoms with Crippen molar-refractivity contribution in [1.29, 1.82) is 5.41 Å². The molecule has 0 spiro atoms. The van der Waals surface area contributed by atoms with Gasteiger partial charge in [-0.2, -0.15) is 4.98 Å². The summed E-state index contributed by atoms with van der Waals surface area (Å²) in [6.07, 6.45) is 14.5. The highest BCUT2D eigenvalue weighted by Crippen LogP contribution is 2.30. The molecule has 2 aromatic rings.